The lowest BCUT2D eigenvalue weighted by atomic mass is 10.1. The lowest BCUT2D eigenvalue weighted by Crippen LogP contribution is -2.39. The van der Waals surface area contributed by atoms with Crippen LogP contribution in [0.2, 0.25) is 0 Å². The summed E-state index contributed by atoms with van der Waals surface area (Å²) in [5.41, 5.74) is 0. The van der Waals surface area contributed by atoms with Gasteiger partial charge in [0.1, 0.15) is 14.7 Å². The molecule has 0 saturated carbocycles. The van der Waals surface area contributed by atoms with Crippen LogP contribution in [0.5, 0.6) is 0 Å². The Kier molecular flexibility index (Phi) is 6.78. The van der Waals surface area contributed by atoms with Crippen molar-refractivity contribution in [2.75, 3.05) is 26.2 Å². The topological polar surface area (TPSA) is 187 Å². The Hall–Kier alpha value is -1.65. The van der Waals surface area contributed by atoms with Gasteiger partial charge in [0.05, 0.1) is 0 Å². The number of rotatable bonds is 3. The highest BCUT2D eigenvalue weighted by Crippen LogP contribution is 2.35. The Labute approximate surface area is 162 Å². The van der Waals surface area contributed by atoms with Gasteiger partial charge in [-0.15, -0.1) is 0 Å². The monoisotopic (exact) mass is 454 g/mol. The van der Waals surface area contributed by atoms with Crippen molar-refractivity contribution < 1.29 is 38.9 Å². The zero-order valence-corrected chi connectivity index (χ0v) is 16.7. The van der Waals surface area contributed by atoms with Crippen molar-refractivity contribution >= 4 is 41.1 Å². The molecule has 2 aromatic rings. The summed E-state index contributed by atoms with van der Waals surface area (Å²) >= 11 is 0. The summed E-state index contributed by atoms with van der Waals surface area (Å²) in [4.78, 5) is -4.31. The van der Waals surface area contributed by atoms with E-state index in [4.69, 9.17) is 9.11 Å². The third-order valence-corrected chi connectivity index (χ3v) is 6.69. The largest absolute Gasteiger partial charge is 0.314 e. The van der Waals surface area contributed by atoms with E-state index < -0.39 is 45.0 Å². The van der Waals surface area contributed by atoms with Gasteiger partial charge in [0.2, 0.25) is 0 Å². The molecule has 0 aromatic heterocycles. The number of fused-ring (bicyclic) bond motifs is 1. The first-order chi connectivity index (χ1) is 12.8. The Morgan fingerprint density at radius 2 is 1.14 bits per heavy atom. The van der Waals surface area contributed by atoms with Crippen molar-refractivity contribution in [1.29, 1.82) is 0 Å². The van der Waals surface area contributed by atoms with Crippen molar-refractivity contribution in [1.82, 2.24) is 10.6 Å². The maximum atomic E-state index is 11.5. The molecular weight excluding hydrogens is 436 g/mol. The summed E-state index contributed by atoms with van der Waals surface area (Å²) in [6.07, 6.45) is 0. The average Bonchev–Trinajstić information content (AvgIpc) is 2.59. The molecule has 1 fully saturated rings. The quantitative estimate of drug-likeness (QED) is 0.385. The fourth-order valence-electron chi connectivity index (χ4n) is 2.57. The lowest BCUT2D eigenvalue weighted by molar-refractivity contribution is 0.457. The Morgan fingerprint density at radius 1 is 0.679 bits per heavy atom. The molecule has 11 nitrogen and oxygen atoms in total. The summed E-state index contributed by atoms with van der Waals surface area (Å²) in [5, 5.41) is 6.01. The minimum Gasteiger partial charge on any atom is -0.314 e. The second-order valence-electron chi connectivity index (χ2n) is 5.68. The molecule has 0 radical (unpaired) electrons. The molecule has 1 heterocycles. The highest BCUT2D eigenvalue weighted by molar-refractivity contribution is 7.90. The van der Waals surface area contributed by atoms with Crippen LogP contribution in [-0.2, 0) is 30.4 Å². The van der Waals surface area contributed by atoms with E-state index in [2.05, 4.69) is 10.6 Å². The van der Waals surface area contributed by atoms with E-state index >= 15 is 0 Å². The molecule has 0 bridgehead atoms. The van der Waals surface area contributed by atoms with Crippen LogP contribution in [-0.4, -0.2) is 65.1 Å². The average molecular weight is 455 g/mol. The van der Waals surface area contributed by atoms with Crippen molar-refractivity contribution in [3.05, 3.63) is 30.3 Å². The Bertz CT molecular complexity index is 1170. The van der Waals surface area contributed by atoms with E-state index in [1.54, 1.807) is 0 Å². The summed E-state index contributed by atoms with van der Waals surface area (Å²) in [5.74, 6) is 0. The van der Waals surface area contributed by atoms with Gasteiger partial charge < -0.3 is 10.6 Å². The van der Waals surface area contributed by atoms with Gasteiger partial charge in [-0.25, -0.2) is 0 Å². The van der Waals surface area contributed by atoms with Crippen molar-refractivity contribution in [2.24, 2.45) is 0 Å². The molecule has 0 unspecified atom stereocenters. The van der Waals surface area contributed by atoms with Gasteiger partial charge in [0.25, 0.3) is 30.4 Å². The zero-order chi connectivity index (χ0) is 21.2. The Balaban J connectivity index is 0.000000397. The van der Waals surface area contributed by atoms with E-state index in [1.807, 2.05) is 0 Å². The molecule has 156 valence electrons. The van der Waals surface area contributed by atoms with Crippen LogP contribution < -0.4 is 10.6 Å². The van der Waals surface area contributed by atoms with Crippen LogP contribution in [0.1, 0.15) is 0 Å². The first-order valence-electron chi connectivity index (χ1n) is 7.73. The van der Waals surface area contributed by atoms with Gasteiger partial charge in [-0.2, -0.15) is 25.3 Å². The first kappa shape index (κ1) is 22.6. The van der Waals surface area contributed by atoms with Gasteiger partial charge in [0.15, 0.2) is 0 Å². The van der Waals surface area contributed by atoms with Gasteiger partial charge >= 0.3 is 0 Å². The number of hydrogen-bond donors (Lipinski definition) is 5. The van der Waals surface area contributed by atoms with Crippen molar-refractivity contribution in [3.63, 3.8) is 0 Å². The van der Waals surface area contributed by atoms with Gasteiger partial charge in [-0.3, -0.25) is 13.7 Å². The molecule has 28 heavy (non-hydrogen) atoms. The fourth-order valence-corrected chi connectivity index (χ4v) is 5.97. The van der Waals surface area contributed by atoms with Crippen LogP contribution in [0.4, 0.5) is 0 Å². The predicted octanol–water partition coefficient (Wildman–Crippen LogP) is -0.241. The molecule has 14 heteroatoms. The molecule has 1 saturated heterocycles. The van der Waals surface area contributed by atoms with E-state index in [0.717, 1.165) is 32.2 Å². The lowest BCUT2D eigenvalue weighted by Gasteiger charge is -2.12. The zero-order valence-electron chi connectivity index (χ0n) is 14.2. The normalized spacial score (nSPS) is 15.7. The number of piperazine rings is 1. The van der Waals surface area contributed by atoms with Crippen molar-refractivity contribution in [2.45, 2.75) is 14.7 Å². The van der Waals surface area contributed by atoms with Gasteiger partial charge in [-0.1, -0.05) is 24.3 Å². The minimum atomic E-state index is -5.40. The molecule has 1 aliphatic heterocycles. The summed E-state index contributed by atoms with van der Waals surface area (Å²) in [7, 11) is -15.8. The predicted molar refractivity (Wildman–Crippen MR) is 99.1 cm³/mol. The molecule has 5 N–H and O–H groups in total. The molecule has 3 rings (SSSR count). The maximum Gasteiger partial charge on any atom is 0.297 e. The summed E-state index contributed by atoms with van der Waals surface area (Å²) in [6, 6.07) is 5.69. The molecule has 0 amide bonds. The Morgan fingerprint density at radius 3 is 1.54 bits per heavy atom. The molecule has 2 aromatic carbocycles. The second kappa shape index (κ2) is 8.38. The van der Waals surface area contributed by atoms with E-state index in [9.17, 15) is 29.8 Å². The van der Waals surface area contributed by atoms with Crippen LogP contribution in [0, 0.1) is 0 Å². The molecule has 0 spiro atoms. The smallest absolute Gasteiger partial charge is 0.297 e. The number of nitrogens with one attached hydrogen (secondary N) is 2. The van der Waals surface area contributed by atoms with E-state index in [-0.39, 0.29) is 10.8 Å². The summed E-state index contributed by atoms with van der Waals surface area (Å²) in [6.45, 7) is 4.56. The fraction of sp³-hybridized carbons (Fsp3) is 0.286. The van der Waals surface area contributed by atoms with E-state index in [1.165, 1.54) is 18.2 Å². The number of hydrogen-bond acceptors (Lipinski definition) is 8. The maximum absolute atomic E-state index is 11.5. The minimum absolute atomic E-state index is 0.0878. The van der Waals surface area contributed by atoms with Crippen molar-refractivity contribution in [3.8, 4) is 0 Å². The summed E-state index contributed by atoms with van der Waals surface area (Å²) < 4.78 is 96.0. The van der Waals surface area contributed by atoms with Crippen LogP contribution in [0.25, 0.3) is 10.8 Å². The highest BCUT2D eigenvalue weighted by Gasteiger charge is 2.34. The molecular formula is C14H18N2O9S3. The molecule has 0 aliphatic carbocycles. The second-order valence-corrected chi connectivity index (χ2v) is 9.79. The standard InChI is InChI=1S/C10H8O9S3.C4H10N2/c11-20(12,13)8-5-6-3-1-2-4-7(6)9(21(14,15)16)10(8)22(17,18)19;1-2-6-4-3-5-1/h1-5H,(H,11,12,13)(H,14,15,16)(H,17,18,19);5-6H,1-4H2. The molecule has 1 aliphatic rings. The number of benzene rings is 2. The van der Waals surface area contributed by atoms with Crippen LogP contribution in [0.15, 0.2) is 45.0 Å². The van der Waals surface area contributed by atoms with Gasteiger partial charge in [-0.05, 0) is 11.5 Å². The van der Waals surface area contributed by atoms with E-state index in [0.29, 0.717) is 6.07 Å². The van der Waals surface area contributed by atoms with Crippen LogP contribution >= 0.6 is 0 Å². The van der Waals surface area contributed by atoms with Crippen LogP contribution in [0.3, 0.4) is 0 Å². The SMILES string of the molecule is C1CNCCN1.O=S(=O)(O)c1cc2ccccc2c(S(=O)(=O)O)c1S(=O)(=O)O. The highest BCUT2D eigenvalue weighted by atomic mass is 32.2. The third kappa shape index (κ3) is 5.45. The third-order valence-electron chi connectivity index (χ3n) is 3.67. The van der Waals surface area contributed by atoms with Gasteiger partial charge in [0, 0.05) is 31.6 Å². The molecule has 0 atom stereocenters. The first-order valence-corrected chi connectivity index (χ1v) is 12.0.